The van der Waals surface area contributed by atoms with Crippen molar-refractivity contribution in [1.29, 1.82) is 0 Å². The van der Waals surface area contributed by atoms with Crippen molar-refractivity contribution in [3.05, 3.63) is 63.1 Å². The summed E-state index contributed by atoms with van der Waals surface area (Å²) >= 11 is 0. The van der Waals surface area contributed by atoms with Gasteiger partial charge in [0.15, 0.2) is 17.7 Å². The molecule has 0 bridgehead atoms. The lowest BCUT2D eigenvalue weighted by molar-refractivity contribution is -0.186. The topological polar surface area (TPSA) is 93.1 Å². The van der Waals surface area contributed by atoms with Gasteiger partial charge in [-0.2, -0.15) is 0 Å². The number of benzene rings is 1. The predicted octanol–water partition coefficient (Wildman–Crippen LogP) is 0.724. The van der Waals surface area contributed by atoms with Gasteiger partial charge in [-0.25, -0.2) is 18.8 Å². The second-order valence-corrected chi connectivity index (χ2v) is 7.18. The van der Waals surface area contributed by atoms with Crippen molar-refractivity contribution in [2.24, 2.45) is 0 Å². The lowest BCUT2D eigenvalue weighted by Crippen LogP contribution is -2.61. The highest BCUT2D eigenvalue weighted by molar-refractivity contribution is 5.99. The molecule has 0 aliphatic carbocycles. The van der Waals surface area contributed by atoms with Crippen LogP contribution in [0, 0.1) is 11.6 Å². The summed E-state index contributed by atoms with van der Waals surface area (Å²) in [5, 5.41) is 5.57. The van der Waals surface area contributed by atoms with Crippen molar-refractivity contribution < 1.29 is 27.8 Å². The Morgan fingerprint density at radius 2 is 2.10 bits per heavy atom. The summed E-state index contributed by atoms with van der Waals surface area (Å²) < 4.78 is 39.2. The molecule has 0 spiro atoms. The third kappa shape index (κ3) is 3.66. The molecule has 1 N–H and O–H groups in total. The summed E-state index contributed by atoms with van der Waals surface area (Å²) in [6.07, 6.45) is 0.680. The van der Waals surface area contributed by atoms with Crippen LogP contribution in [0.3, 0.4) is 0 Å². The van der Waals surface area contributed by atoms with Crippen molar-refractivity contribution >= 4 is 11.8 Å². The number of halogens is 2. The number of aromatic nitrogens is 1. The highest BCUT2D eigenvalue weighted by atomic mass is 19.1. The molecule has 2 amide bonds. The predicted molar refractivity (Wildman–Crippen MR) is 103 cm³/mol. The van der Waals surface area contributed by atoms with Crippen LogP contribution in [0.15, 0.2) is 29.2 Å². The van der Waals surface area contributed by atoms with E-state index in [4.69, 9.17) is 9.47 Å². The number of fused-ring (bicyclic) bond motifs is 2. The maximum Gasteiger partial charge on any atom is 0.291 e. The maximum absolute atomic E-state index is 13.8. The Morgan fingerprint density at radius 1 is 1.32 bits per heavy atom. The average Bonchev–Trinajstić information content (AvgIpc) is 2.73. The van der Waals surface area contributed by atoms with E-state index in [1.165, 1.54) is 28.9 Å². The molecule has 4 rings (SSSR count). The summed E-state index contributed by atoms with van der Waals surface area (Å²) in [5.41, 5.74) is -0.960. The second kappa shape index (κ2) is 8.08. The van der Waals surface area contributed by atoms with Gasteiger partial charge in [-0.3, -0.25) is 14.4 Å². The molecule has 0 unspecified atom stereocenters. The van der Waals surface area contributed by atoms with Gasteiger partial charge < -0.3 is 19.4 Å². The number of amides is 2. The van der Waals surface area contributed by atoms with Gasteiger partial charge in [0.2, 0.25) is 5.43 Å². The van der Waals surface area contributed by atoms with E-state index in [9.17, 15) is 23.2 Å². The fourth-order valence-corrected chi connectivity index (χ4v) is 3.70. The summed E-state index contributed by atoms with van der Waals surface area (Å²) in [6, 6.07) is 2.98. The van der Waals surface area contributed by atoms with E-state index in [2.05, 4.69) is 5.32 Å². The van der Waals surface area contributed by atoms with Crippen molar-refractivity contribution in [1.82, 2.24) is 19.9 Å². The monoisotopic (exact) mass is 434 g/mol. The lowest BCUT2D eigenvalue weighted by Gasteiger charge is -2.45. The van der Waals surface area contributed by atoms with Crippen LogP contribution in [0.2, 0.25) is 0 Å². The Bertz CT molecular complexity index is 1120. The van der Waals surface area contributed by atoms with E-state index < -0.39 is 35.1 Å². The fourth-order valence-electron chi connectivity index (χ4n) is 3.70. The number of pyridine rings is 1. The molecule has 0 saturated carbocycles. The molecule has 2 aromatic rings. The van der Waals surface area contributed by atoms with Gasteiger partial charge in [0.05, 0.1) is 20.3 Å². The van der Waals surface area contributed by atoms with E-state index in [-0.39, 0.29) is 35.7 Å². The molecule has 164 valence electrons. The molecule has 1 aromatic carbocycles. The van der Waals surface area contributed by atoms with E-state index in [1.54, 1.807) is 12.1 Å². The van der Waals surface area contributed by atoms with E-state index in [0.717, 1.165) is 6.07 Å². The molecule has 0 radical (unpaired) electrons. The van der Waals surface area contributed by atoms with Gasteiger partial charge in [-0.15, -0.1) is 0 Å². The largest absolute Gasteiger partial charge is 0.491 e. The third-order valence-electron chi connectivity index (χ3n) is 5.27. The zero-order valence-corrected chi connectivity index (χ0v) is 16.9. The van der Waals surface area contributed by atoms with Crippen molar-refractivity contribution in [3.8, 4) is 5.75 Å². The van der Waals surface area contributed by atoms with Gasteiger partial charge in [-0.05, 0) is 6.07 Å². The Hall–Kier alpha value is -3.31. The van der Waals surface area contributed by atoms with Gasteiger partial charge in [0, 0.05) is 38.0 Å². The van der Waals surface area contributed by atoms with Gasteiger partial charge in [-0.1, -0.05) is 6.07 Å². The Balaban J connectivity index is 1.66. The Morgan fingerprint density at radius 3 is 2.81 bits per heavy atom. The molecule has 1 aromatic heterocycles. The average molecular weight is 434 g/mol. The van der Waals surface area contributed by atoms with Crippen LogP contribution < -0.4 is 15.5 Å². The first kappa shape index (κ1) is 20.9. The van der Waals surface area contributed by atoms with Crippen molar-refractivity contribution in [2.45, 2.75) is 19.3 Å². The molecular weight excluding hydrogens is 414 g/mol. The van der Waals surface area contributed by atoms with Crippen LogP contribution in [0.5, 0.6) is 5.75 Å². The van der Waals surface area contributed by atoms with Gasteiger partial charge in [0.25, 0.3) is 11.8 Å². The molecule has 11 heteroatoms. The minimum absolute atomic E-state index is 0.0160. The number of ether oxygens (including phenoxy) is 2. The second-order valence-electron chi connectivity index (χ2n) is 7.18. The standard InChI is InChI=1S/C20H20F2N4O5/c1-24-5-6-31-15-10-25-9-13(17(27)18(30-2)16(25)20(29)26(15)24)19(28)23-8-11-3-4-12(21)7-14(11)22/h3-4,7,9,15H,5-6,8,10H2,1-2H3,(H,23,28)/t15-/m0/s1. The van der Waals surface area contributed by atoms with Gasteiger partial charge in [0.1, 0.15) is 17.2 Å². The number of hydrazine groups is 1. The van der Waals surface area contributed by atoms with Crippen molar-refractivity contribution in [3.63, 3.8) is 0 Å². The quantitative estimate of drug-likeness (QED) is 0.763. The minimum Gasteiger partial charge on any atom is -0.491 e. The molecule has 1 saturated heterocycles. The van der Waals surface area contributed by atoms with Crippen molar-refractivity contribution in [2.75, 3.05) is 27.3 Å². The molecule has 31 heavy (non-hydrogen) atoms. The van der Waals surface area contributed by atoms with E-state index >= 15 is 0 Å². The number of carbonyl (C=O) groups excluding carboxylic acids is 2. The number of nitrogens with one attached hydrogen (secondary N) is 1. The van der Waals surface area contributed by atoms with Crippen LogP contribution in [0.1, 0.15) is 26.4 Å². The number of hydrogen-bond acceptors (Lipinski definition) is 6. The molecule has 2 aliphatic heterocycles. The highest BCUT2D eigenvalue weighted by Crippen LogP contribution is 2.27. The molecule has 2 aliphatic rings. The van der Waals surface area contributed by atoms with E-state index in [1.807, 2.05) is 0 Å². The van der Waals surface area contributed by atoms with Crippen LogP contribution >= 0.6 is 0 Å². The van der Waals surface area contributed by atoms with Crippen LogP contribution in [-0.2, 0) is 17.8 Å². The molecule has 1 fully saturated rings. The first-order valence-corrected chi connectivity index (χ1v) is 9.51. The normalized spacial score (nSPS) is 18.4. The number of carbonyl (C=O) groups is 2. The minimum atomic E-state index is -0.815. The molecule has 1 atom stereocenters. The Labute approximate surface area is 175 Å². The smallest absolute Gasteiger partial charge is 0.291 e. The summed E-state index contributed by atoms with van der Waals surface area (Å²) in [5.74, 6) is -3.07. The molecule has 9 nitrogen and oxygen atoms in total. The summed E-state index contributed by atoms with van der Waals surface area (Å²) in [6.45, 7) is 0.871. The number of nitrogens with zero attached hydrogens (tertiary/aromatic N) is 3. The van der Waals surface area contributed by atoms with Crippen LogP contribution in [-0.4, -0.2) is 59.9 Å². The number of likely N-dealkylation sites (N-methyl/N-ethyl adjacent to an activating group) is 1. The van der Waals surface area contributed by atoms with E-state index in [0.29, 0.717) is 19.2 Å². The molecular formula is C20H20F2N4O5. The number of rotatable bonds is 4. The zero-order valence-electron chi connectivity index (χ0n) is 16.9. The highest BCUT2D eigenvalue weighted by Gasteiger charge is 2.41. The van der Waals surface area contributed by atoms with Crippen LogP contribution in [0.25, 0.3) is 0 Å². The lowest BCUT2D eigenvalue weighted by atomic mass is 10.1. The molecule has 3 heterocycles. The SMILES string of the molecule is COc1c2n(cc(C(=O)NCc3ccc(F)cc3F)c1=O)C[C@@H]1OCCN(C)N1C2=O. The number of methoxy groups -OCH3 is 1. The number of hydrogen-bond donors (Lipinski definition) is 1. The summed E-state index contributed by atoms with van der Waals surface area (Å²) in [7, 11) is 2.98. The van der Waals surface area contributed by atoms with Crippen LogP contribution in [0.4, 0.5) is 8.78 Å². The first-order valence-electron chi connectivity index (χ1n) is 9.51. The fraction of sp³-hybridized carbons (Fsp3) is 0.350. The third-order valence-corrected chi connectivity index (χ3v) is 5.27. The maximum atomic E-state index is 13.8. The summed E-state index contributed by atoms with van der Waals surface area (Å²) in [4.78, 5) is 38.6. The first-order chi connectivity index (χ1) is 14.8. The van der Waals surface area contributed by atoms with Gasteiger partial charge >= 0.3 is 0 Å². The Kier molecular flexibility index (Phi) is 5.46. The zero-order chi connectivity index (χ0) is 22.3.